The summed E-state index contributed by atoms with van der Waals surface area (Å²) in [6.45, 7) is 4.95. The van der Waals surface area contributed by atoms with Crippen LogP contribution >= 0.6 is 0 Å². The predicted molar refractivity (Wildman–Crippen MR) is 154 cm³/mol. The van der Waals surface area contributed by atoms with Gasteiger partial charge < -0.3 is 25.0 Å². The molecule has 0 radical (unpaired) electrons. The lowest BCUT2D eigenvalue weighted by Crippen LogP contribution is -2.20. The minimum absolute atomic E-state index is 0.251. The van der Waals surface area contributed by atoms with Crippen LogP contribution in [0.15, 0.2) is 71.7 Å². The highest BCUT2D eigenvalue weighted by molar-refractivity contribution is 5.99. The number of fused-ring (bicyclic) bond motifs is 1. The number of pyridine rings is 1. The zero-order chi connectivity index (χ0) is 27.9. The van der Waals surface area contributed by atoms with E-state index in [2.05, 4.69) is 15.6 Å². The first-order valence-electron chi connectivity index (χ1n) is 12.4. The van der Waals surface area contributed by atoms with E-state index in [9.17, 15) is 9.59 Å². The number of aromatic nitrogens is 3. The van der Waals surface area contributed by atoms with Gasteiger partial charge in [-0.15, -0.1) is 0 Å². The van der Waals surface area contributed by atoms with Gasteiger partial charge in [0.15, 0.2) is 5.65 Å². The molecule has 10 nitrogen and oxygen atoms in total. The number of ether oxygens (including phenoxy) is 2. The van der Waals surface area contributed by atoms with Crippen LogP contribution < -0.4 is 25.7 Å². The molecule has 2 N–H and O–H groups in total. The third-order valence-corrected chi connectivity index (χ3v) is 5.88. The van der Waals surface area contributed by atoms with Gasteiger partial charge in [0.1, 0.15) is 18.1 Å². The summed E-state index contributed by atoms with van der Waals surface area (Å²) in [4.78, 5) is 36.4. The molecule has 2 heterocycles. The first-order chi connectivity index (χ1) is 18.8. The third kappa shape index (κ3) is 6.60. The number of carbonyl (C=O) groups is 1. The molecule has 0 saturated carbocycles. The summed E-state index contributed by atoms with van der Waals surface area (Å²) in [7, 11) is 5.55. The maximum absolute atomic E-state index is 13.2. The molecule has 39 heavy (non-hydrogen) atoms. The van der Waals surface area contributed by atoms with Gasteiger partial charge in [-0.2, -0.15) is 4.98 Å². The van der Waals surface area contributed by atoms with Crippen molar-refractivity contribution in [2.24, 2.45) is 0 Å². The van der Waals surface area contributed by atoms with Crippen molar-refractivity contribution in [1.29, 1.82) is 0 Å². The molecule has 4 rings (SSSR count). The van der Waals surface area contributed by atoms with E-state index in [-0.39, 0.29) is 11.5 Å². The third-order valence-electron chi connectivity index (χ3n) is 5.88. The van der Waals surface area contributed by atoms with E-state index >= 15 is 0 Å². The van der Waals surface area contributed by atoms with Crippen molar-refractivity contribution in [3.8, 4) is 17.2 Å². The molecule has 0 aliphatic heterocycles. The van der Waals surface area contributed by atoms with Crippen LogP contribution in [0.2, 0.25) is 0 Å². The molecule has 10 heteroatoms. The Balaban J connectivity index is 1.70. The lowest BCUT2D eigenvalue weighted by atomic mass is 10.2. The second kappa shape index (κ2) is 12.2. The lowest BCUT2D eigenvalue weighted by molar-refractivity contribution is -0.111. The summed E-state index contributed by atoms with van der Waals surface area (Å²) in [6.07, 6.45) is 4.77. The number of aryl methyl sites for hydroxylation is 1. The van der Waals surface area contributed by atoms with Gasteiger partial charge in [0.25, 0.3) is 5.56 Å². The maximum atomic E-state index is 13.2. The first kappa shape index (κ1) is 27.3. The van der Waals surface area contributed by atoms with E-state index in [1.165, 1.54) is 10.6 Å². The predicted octanol–water partition coefficient (Wildman–Crippen LogP) is 4.30. The number of benzene rings is 2. The van der Waals surface area contributed by atoms with Crippen molar-refractivity contribution in [2.75, 3.05) is 45.0 Å². The van der Waals surface area contributed by atoms with Crippen LogP contribution in [0.4, 0.5) is 17.3 Å². The Kier molecular flexibility index (Phi) is 8.57. The molecule has 1 amide bonds. The average molecular weight is 529 g/mol. The minimum atomic E-state index is -0.257. The van der Waals surface area contributed by atoms with Crippen LogP contribution in [0, 0.1) is 6.92 Å². The number of rotatable bonds is 10. The van der Waals surface area contributed by atoms with Crippen molar-refractivity contribution in [3.05, 3.63) is 82.8 Å². The number of methoxy groups -OCH3 is 1. The van der Waals surface area contributed by atoms with Gasteiger partial charge in [-0.25, -0.2) is 4.98 Å². The van der Waals surface area contributed by atoms with Crippen LogP contribution in [-0.4, -0.2) is 59.7 Å². The van der Waals surface area contributed by atoms with E-state index in [0.29, 0.717) is 46.8 Å². The fourth-order valence-corrected chi connectivity index (χ4v) is 3.95. The zero-order valence-electron chi connectivity index (χ0n) is 22.7. The van der Waals surface area contributed by atoms with Crippen LogP contribution in [0.1, 0.15) is 12.5 Å². The molecule has 0 aliphatic carbocycles. The summed E-state index contributed by atoms with van der Waals surface area (Å²) in [5.74, 6) is 1.28. The van der Waals surface area contributed by atoms with Crippen LogP contribution in [0.3, 0.4) is 0 Å². The van der Waals surface area contributed by atoms with E-state index < -0.39 is 0 Å². The largest absolute Gasteiger partial charge is 0.494 e. The summed E-state index contributed by atoms with van der Waals surface area (Å²) < 4.78 is 12.9. The molecule has 0 fully saturated rings. The van der Waals surface area contributed by atoms with Gasteiger partial charge in [-0.1, -0.05) is 12.1 Å². The molecule has 0 aliphatic rings. The molecule has 2 aromatic carbocycles. The fraction of sp³-hybridized carbons (Fsp3) is 0.241. The topological polar surface area (TPSA) is 111 Å². The Morgan fingerprint density at radius 2 is 1.97 bits per heavy atom. The van der Waals surface area contributed by atoms with Crippen molar-refractivity contribution in [3.63, 3.8) is 0 Å². The lowest BCUT2D eigenvalue weighted by Gasteiger charge is -2.15. The Morgan fingerprint density at radius 3 is 2.72 bits per heavy atom. The smallest absolute Gasteiger partial charge is 0.257 e. The highest BCUT2D eigenvalue weighted by atomic mass is 16.5. The number of allylic oxidation sites excluding steroid dienone is 1. The quantitative estimate of drug-likeness (QED) is 0.293. The van der Waals surface area contributed by atoms with Crippen LogP contribution in [-0.2, 0) is 4.79 Å². The zero-order valence-corrected chi connectivity index (χ0v) is 22.7. The van der Waals surface area contributed by atoms with Crippen LogP contribution in [0.25, 0.3) is 16.7 Å². The second-order valence-corrected chi connectivity index (χ2v) is 9.11. The number of carbonyl (C=O) groups excluding carboxylic acids is 1. The molecular formula is C29H32N6O4. The van der Waals surface area contributed by atoms with Crippen molar-refractivity contribution in [1.82, 2.24) is 19.4 Å². The Labute approximate surface area is 226 Å². The Morgan fingerprint density at radius 1 is 1.15 bits per heavy atom. The number of likely N-dealkylation sites (N-methyl/N-ethyl adjacent to an activating group) is 1. The summed E-state index contributed by atoms with van der Waals surface area (Å²) in [6, 6.07) is 14.1. The summed E-state index contributed by atoms with van der Waals surface area (Å²) in [5.41, 5.74) is 2.70. The molecular weight excluding hydrogens is 496 g/mol. The number of hydrogen-bond acceptors (Lipinski definition) is 8. The van der Waals surface area contributed by atoms with Crippen molar-refractivity contribution in [2.45, 2.75) is 13.8 Å². The van der Waals surface area contributed by atoms with Crippen molar-refractivity contribution < 1.29 is 14.3 Å². The molecule has 4 aromatic rings. The average Bonchev–Trinajstić information content (AvgIpc) is 2.89. The Bertz CT molecular complexity index is 1580. The Hall–Kier alpha value is -4.70. The van der Waals surface area contributed by atoms with Gasteiger partial charge >= 0.3 is 0 Å². The first-order valence-corrected chi connectivity index (χ1v) is 12.4. The number of anilines is 3. The normalized spacial score (nSPS) is 11.2. The summed E-state index contributed by atoms with van der Waals surface area (Å²) >= 11 is 0. The van der Waals surface area contributed by atoms with Gasteiger partial charge in [0.2, 0.25) is 11.9 Å². The summed E-state index contributed by atoms with van der Waals surface area (Å²) in [5, 5.41) is 6.72. The van der Waals surface area contributed by atoms with Crippen LogP contribution in [0.5, 0.6) is 11.5 Å². The highest BCUT2D eigenvalue weighted by Crippen LogP contribution is 2.31. The number of nitrogens with one attached hydrogen (secondary N) is 2. The van der Waals surface area contributed by atoms with E-state index in [1.54, 1.807) is 62.7 Å². The highest BCUT2D eigenvalue weighted by Gasteiger charge is 2.14. The minimum Gasteiger partial charge on any atom is -0.494 e. The van der Waals surface area contributed by atoms with E-state index in [4.69, 9.17) is 14.5 Å². The second-order valence-electron chi connectivity index (χ2n) is 9.11. The van der Waals surface area contributed by atoms with Crippen molar-refractivity contribution >= 4 is 34.3 Å². The molecule has 0 atom stereocenters. The molecule has 0 unspecified atom stereocenters. The van der Waals surface area contributed by atoms with Gasteiger partial charge in [-0.3, -0.25) is 14.2 Å². The maximum Gasteiger partial charge on any atom is 0.257 e. The molecule has 0 bridgehead atoms. The number of hydrogen-bond donors (Lipinski definition) is 2. The molecule has 2 aromatic heterocycles. The van der Waals surface area contributed by atoms with E-state index in [1.807, 2.05) is 38.1 Å². The molecule has 0 saturated heterocycles. The van der Waals surface area contributed by atoms with Gasteiger partial charge in [0.05, 0.1) is 18.5 Å². The van der Waals surface area contributed by atoms with Gasteiger partial charge in [-0.05, 0) is 69.9 Å². The SMILES string of the molecule is C/C=C/C(=O)Nc1cccc(-n2c(=O)cc(C)c3cnc(Nc4ccc(OCCN(C)C)cc4OC)nc32)c1. The monoisotopic (exact) mass is 528 g/mol. The standard InChI is InChI=1S/C29H32N6O4/c1-6-8-26(36)31-20-9-7-10-21(16-20)35-27(37)15-19(2)23-18-30-29(33-28(23)35)32-24-12-11-22(17-25(24)38-5)39-14-13-34(3)4/h6-12,15-18H,13-14H2,1-5H3,(H,31,36)(H,30,32,33)/b8-6+. The van der Waals surface area contributed by atoms with E-state index in [0.717, 1.165) is 17.5 Å². The number of amides is 1. The van der Waals surface area contributed by atoms with Gasteiger partial charge in [0, 0.05) is 35.9 Å². The molecule has 0 spiro atoms. The fourth-order valence-electron chi connectivity index (χ4n) is 3.95. The number of nitrogens with zero attached hydrogens (tertiary/aromatic N) is 4. The molecule has 202 valence electrons.